The van der Waals surface area contributed by atoms with Gasteiger partial charge in [0, 0.05) is 36.0 Å². The molecule has 14 heteroatoms. The summed E-state index contributed by atoms with van der Waals surface area (Å²) in [5.74, 6) is -3.98. The highest BCUT2D eigenvalue weighted by molar-refractivity contribution is 6.31. The number of fused-ring (bicyclic) bond motifs is 3. The van der Waals surface area contributed by atoms with Gasteiger partial charge in [0.1, 0.15) is 41.7 Å². The van der Waals surface area contributed by atoms with Gasteiger partial charge in [-0.15, -0.1) is 0 Å². The number of ketones is 3. The van der Waals surface area contributed by atoms with Gasteiger partial charge in [-0.25, -0.2) is 4.79 Å². The zero-order chi connectivity index (χ0) is 35.9. The number of Topliss-reactive ketones (excluding diaryl/α,β-unsaturated/α-hetero) is 1. The molecule has 50 heavy (non-hydrogen) atoms. The monoisotopic (exact) mass is 695 g/mol. The zero-order valence-corrected chi connectivity index (χ0v) is 27.7. The van der Waals surface area contributed by atoms with Crippen LogP contribution in [-0.2, 0) is 25.4 Å². The number of methoxy groups -OCH3 is 1. The summed E-state index contributed by atoms with van der Waals surface area (Å²) in [4.78, 5) is 53.4. The average molecular weight is 696 g/mol. The van der Waals surface area contributed by atoms with E-state index in [0.29, 0.717) is 6.42 Å². The van der Waals surface area contributed by atoms with E-state index in [2.05, 4.69) is 5.32 Å². The molecule has 268 valence electrons. The number of rotatable bonds is 7. The predicted molar refractivity (Wildman–Crippen MR) is 173 cm³/mol. The van der Waals surface area contributed by atoms with Crippen molar-refractivity contribution in [1.29, 1.82) is 0 Å². The summed E-state index contributed by atoms with van der Waals surface area (Å²) in [5, 5.41) is 58.1. The molecular formula is C36H41NO13. The lowest BCUT2D eigenvalue weighted by molar-refractivity contribution is -0.249. The Hall–Kier alpha value is -4.34. The molecule has 1 fully saturated rings. The van der Waals surface area contributed by atoms with E-state index >= 15 is 0 Å². The number of phenolic OH excluding ortho intramolecular Hbond substituents is 2. The van der Waals surface area contributed by atoms with Gasteiger partial charge in [0.2, 0.25) is 5.78 Å². The van der Waals surface area contributed by atoms with Crippen LogP contribution in [0.1, 0.15) is 101 Å². The number of hydrogen-bond donors (Lipinski definition) is 6. The van der Waals surface area contributed by atoms with E-state index in [-0.39, 0.29) is 34.4 Å². The number of aromatic hydroxyl groups is 2. The number of benzene rings is 2. The number of allylic oxidation sites excluding steroid dienone is 1. The molecule has 0 saturated carbocycles. The van der Waals surface area contributed by atoms with Crippen LogP contribution in [0.15, 0.2) is 30.4 Å². The van der Waals surface area contributed by atoms with Gasteiger partial charge in [-0.1, -0.05) is 24.6 Å². The van der Waals surface area contributed by atoms with Crippen LogP contribution in [0.5, 0.6) is 17.2 Å². The third-order valence-electron chi connectivity index (χ3n) is 10.0. The number of alkyl carbamates (subject to hydrolysis) is 1. The first-order valence-corrected chi connectivity index (χ1v) is 16.7. The molecule has 3 aliphatic carbocycles. The minimum atomic E-state index is -2.32. The first-order chi connectivity index (χ1) is 23.9. The van der Waals surface area contributed by atoms with Gasteiger partial charge in [0.05, 0.1) is 42.0 Å². The third kappa shape index (κ3) is 6.37. The van der Waals surface area contributed by atoms with Crippen molar-refractivity contribution < 1.29 is 63.7 Å². The van der Waals surface area contributed by atoms with Gasteiger partial charge in [0.25, 0.3) is 0 Å². The molecular weight excluding hydrogens is 654 g/mol. The second-order valence-electron chi connectivity index (χ2n) is 13.3. The van der Waals surface area contributed by atoms with Crippen molar-refractivity contribution in [3.63, 3.8) is 0 Å². The number of phenols is 2. The van der Waals surface area contributed by atoms with Crippen molar-refractivity contribution in [2.24, 2.45) is 0 Å². The molecule has 1 aliphatic heterocycles. The van der Waals surface area contributed by atoms with E-state index in [4.69, 9.17) is 18.9 Å². The van der Waals surface area contributed by atoms with Crippen LogP contribution in [0, 0.1) is 0 Å². The minimum absolute atomic E-state index is 0.0737. The molecule has 0 aromatic heterocycles. The number of aliphatic hydroxyl groups is 3. The number of hydrogen-bond acceptors (Lipinski definition) is 13. The first kappa shape index (κ1) is 35.5. The predicted octanol–water partition coefficient (Wildman–Crippen LogP) is 2.66. The normalized spacial score (nSPS) is 29.1. The Morgan fingerprint density at radius 2 is 1.82 bits per heavy atom. The maximum Gasteiger partial charge on any atom is 0.408 e. The van der Waals surface area contributed by atoms with Crippen LogP contribution in [-0.4, -0.2) is 98.9 Å². The van der Waals surface area contributed by atoms with E-state index in [0.717, 1.165) is 25.7 Å². The topological polar surface area (TPSA) is 218 Å². The molecule has 6 rings (SSSR count). The van der Waals surface area contributed by atoms with E-state index in [9.17, 15) is 44.7 Å². The molecule has 2 aromatic rings. The fourth-order valence-electron chi connectivity index (χ4n) is 7.41. The number of aliphatic hydroxyl groups excluding tert-OH is 2. The second-order valence-corrected chi connectivity index (χ2v) is 13.3. The summed E-state index contributed by atoms with van der Waals surface area (Å²) in [6.07, 6.45) is 1.13. The smallest absolute Gasteiger partial charge is 0.408 e. The van der Waals surface area contributed by atoms with E-state index < -0.39 is 108 Å². The van der Waals surface area contributed by atoms with Crippen LogP contribution < -0.4 is 10.1 Å². The number of nitrogens with one attached hydrogen (secondary N) is 1. The highest BCUT2D eigenvalue weighted by atomic mass is 16.7. The van der Waals surface area contributed by atoms with E-state index in [1.165, 1.54) is 25.3 Å². The minimum Gasteiger partial charge on any atom is -0.507 e. The summed E-state index contributed by atoms with van der Waals surface area (Å²) in [6, 6.07) is 3.41. The van der Waals surface area contributed by atoms with Crippen molar-refractivity contribution in [2.45, 2.75) is 101 Å². The summed E-state index contributed by atoms with van der Waals surface area (Å²) in [7, 11) is 1.31. The third-order valence-corrected chi connectivity index (χ3v) is 10.0. The van der Waals surface area contributed by atoms with Crippen molar-refractivity contribution in [3.05, 3.63) is 63.7 Å². The zero-order valence-electron chi connectivity index (χ0n) is 27.7. The maximum atomic E-state index is 13.9. The fourth-order valence-corrected chi connectivity index (χ4v) is 7.41. The Morgan fingerprint density at radius 3 is 2.56 bits per heavy atom. The van der Waals surface area contributed by atoms with Crippen LogP contribution in [0.25, 0.3) is 0 Å². The first-order valence-electron chi connectivity index (χ1n) is 16.7. The molecule has 2 aromatic carbocycles. The van der Waals surface area contributed by atoms with Crippen LogP contribution >= 0.6 is 0 Å². The molecule has 14 nitrogen and oxygen atoms in total. The number of amides is 1. The highest BCUT2D eigenvalue weighted by Gasteiger charge is 2.50. The lowest BCUT2D eigenvalue weighted by atomic mass is 9.72. The average Bonchev–Trinajstić information content (AvgIpc) is 3.07. The van der Waals surface area contributed by atoms with Gasteiger partial charge in [-0.2, -0.15) is 0 Å². The molecule has 1 unspecified atom stereocenters. The Balaban J connectivity index is 1.33. The number of carbonyl (C=O) groups is 4. The Bertz CT molecular complexity index is 1740. The second kappa shape index (κ2) is 14.1. The van der Waals surface area contributed by atoms with Crippen LogP contribution in [0.3, 0.4) is 0 Å². The quantitative estimate of drug-likeness (QED) is 0.155. The Labute approximate surface area is 287 Å². The largest absolute Gasteiger partial charge is 0.507 e. The molecule has 4 aliphatic rings. The summed E-state index contributed by atoms with van der Waals surface area (Å²) < 4.78 is 23.0. The van der Waals surface area contributed by atoms with Gasteiger partial charge in [0.15, 0.2) is 17.9 Å². The Kier molecular flexibility index (Phi) is 10.0. The lowest BCUT2D eigenvalue weighted by Crippen LogP contribution is -2.56. The maximum absolute atomic E-state index is 13.9. The number of ether oxygens (including phenoxy) is 4. The van der Waals surface area contributed by atoms with Gasteiger partial charge < -0.3 is 49.8 Å². The SMILES string of the molecule is COc1cccc2c1C(=O)c1c(O)c3c(c(O)c1C2=O)C[C@@](O)(C(=O)CO)C[C@@H]3O[C@H]1C[C@@H](NC(=O)O[C@H]2C=CCCCCC2)[C@H](O)C(C)O1. The van der Waals surface area contributed by atoms with Gasteiger partial charge in [-0.05, 0) is 44.7 Å². The number of carbonyl (C=O) groups excluding carboxylic acids is 4. The van der Waals surface area contributed by atoms with E-state index in [1.54, 1.807) is 6.92 Å². The molecule has 1 amide bonds. The van der Waals surface area contributed by atoms with Gasteiger partial charge >= 0.3 is 6.09 Å². The van der Waals surface area contributed by atoms with Crippen molar-refractivity contribution >= 4 is 23.4 Å². The molecule has 6 N–H and O–H groups in total. The van der Waals surface area contributed by atoms with Crippen molar-refractivity contribution in [2.75, 3.05) is 13.7 Å². The summed E-state index contributed by atoms with van der Waals surface area (Å²) >= 11 is 0. The summed E-state index contributed by atoms with van der Waals surface area (Å²) in [6.45, 7) is 0.487. The molecule has 1 heterocycles. The molecule has 7 atom stereocenters. The molecule has 0 radical (unpaired) electrons. The van der Waals surface area contributed by atoms with Crippen LogP contribution in [0.2, 0.25) is 0 Å². The standard InChI is InChI=1S/C36H41NO13/c1-17-30(40)21(37-35(45)49-18-9-6-4-3-5-7-10-18)13-25(48-17)50-23-15-36(46,24(39)16-38)14-20-27(23)34(44)29-28(32(20)42)31(41)19-11-8-12-22(47-2)26(19)33(29)43/h6,8-9,11-12,17-18,21,23,25,30,38,40,42,44,46H,3-5,7,10,13-16H2,1-2H3,(H,37,45)/t17?,18-,21+,23-,25-,30+,36-/m0/s1. The molecule has 0 bridgehead atoms. The molecule has 1 saturated heterocycles. The molecule has 0 spiro atoms. The summed E-state index contributed by atoms with van der Waals surface area (Å²) in [5.41, 5.74) is -3.93. The van der Waals surface area contributed by atoms with Crippen molar-refractivity contribution in [1.82, 2.24) is 5.32 Å². The Morgan fingerprint density at radius 1 is 1.06 bits per heavy atom. The van der Waals surface area contributed by atoms with Crippen LogP contribution in [0.4, 0.5) is 4.79 Å². The highest BCUT2D eigenvalue weighted by Crippen LogP contribution is 2.52. The van der Waals surface area contributed by atoms with E-state index in [1.807, 2.05) is 12.2 Å². The lowest BCUT2D eigenvalue weighted by Gasteiger charge is -2.42. The fraction of sp³-hybridized carbons (Fsp3) is 0.500. The van der Waals surface area contributed by atoms with Crippen molar-refractivity contribution in [3.8, 4) is 17.2 Å². The van der Waals surface area contributed by atoms with Gasteiger partial charge in [-0.3, -0.25) is 14.4 Å².